The second kappa shape index (κ2) is 10.7. The maximum absolute atomic E-state index is 12.6. The number of hydrogen-bond donors (Lipinski definition) is 1. The summed E-state index contributed by atoms with van der Waals surface area (Å²) in [5, 5.41) is 2.95. The van der Waals surface area contributed by atoms with E-state index in [1.165, 1.54) is 25.9 Å². The summed E-state index contributed by atoms with van der Waals surface area (Å²) in [6.45, 7) is 10.3. The Kier molecular flexibility index (Phi) is 8.58. The van der Waals surface area contributed by atoms with Crippen LogP contribution >= 0.6 is 0 Å². The van der Waals surface area contributed by atoms with E-state index in [1.807, 2.05) is 31.2 Å². The van der Waals surface area contributed by atoms with Gasteiger partial charge in [-0.1, -0.05) is 26.7 Å². The molecule has 0 saturated carbocycles. The average molecular weight is 377 g/mol. The average Bonchev–Trinajstić information content (AvgIpc) is 2.67. The molecule has 1 saturated heterocycles. The van der Waals surface area contributed by atoms with Crippen molar-refractivity contribution < 1.29 is 14.3 Å². The topological polar surface area (TPSA) is 50.8 Å². The van der Waals surface area contributed by atoms with Crippen molar-refractivity contribution in [1.82, 2.24) is 4.90 Å². The fourth-order valence-electron chi connectivity index (χ4n) is 3.50. The maximum Gasteiger partial charge on any atom is 0.256 e. The molecule has 0 aliphatic carbocycles. The third kappa shape index (κ3) is 6.82. The van der Waals surface area contributed by atoms with Gasteiger partial charge in [-0.3, -0.25) is 9.69 Å². The van der Waals surface area contributed by atoms with Crippen LogP contribution in [0.15, 0.2) is 24.3 Å². The Labute approximate surface area is 164 Å². The highest BCUT2D eigenvalue weighted by molar-refractivity contribution is 5.97. The van der Waals surface area contributed by atoms with Crippen molar-refractivity contribution in [3.63, 3.8) is 0 Å². The number of nitrogens with zero attached hydrogens (tertiary/aromatic N) is 1. The number of carbonyl (C=O) groups excluding carboxylic acids is 1. The van der Waals surface area contributed by atoms with Gasteiger partial charge in [-0.2, -0.15) is 0 Å². The number of unbranched alkanes of at least 4 members (excludes halogenated alkanes) is 1. The summed E-state index contributed by atoms with van der Waals surface area (Å²) >= 11 is 0. The molecule has 0 radical (unpaired) electrons. The molecule has 27 heavy (non-hydrogen) atoms. The van der Waals surface area contributed by atoms with Gasteiger partial charge in [-0.05, 0) is 62.9 Å². The Morgan fingerprint density at radius 2 is 2.07 bits per heavy atom. The molecular weight excluding hydrogens is 340 g/mol. The molecule has 1 amide bonds. The SMILES string of the molecule is CCCC[C@](C)(OC)C(=O)Nc1ccc(OCCN2CCC[C@H](C)C2)cc1. The first-order valence-electron chi connectivity index (χ1n) is 10.3. The van der Waals surface area contributed by atoms with Gasteiger partial charge >= 0.3 is 0 Å². The molecule has 0 spiro atoms. The van der Waals surface area contributed by atoms with Crippen molar-refractivity contribution in [3.05, 3.63) is 24.3 Å². The Bertz CT molecular complexity index is 575. The molecule has 5 heteroatoms. The van der Waals surface area contributed by atoms with Crippen molar-refractivity contribution >= 4 is 11.6 Å². The molecule has 0 aromatic heterocycles. The van der Waals surface area contributed by atoms with Crippen molar-refractivity contribution in [1.29, 1.82) is 0 Å². The third-order valence-electron chi connectivity index (χ3n) is 5.47. The van der Waals surface area contributed by atoms with Gasteiger partial charge in [0, 0.05) is 25.9 Å². The van der Waals surface area contributed by atoms with Crippen LogP contribution in [-0.4, -0.2) is 49.8 Å². The lowest BCUT2D eigenvalue weighted by molar-refractivity contribution is -0.136. The fourth-order valence-corrected chi connectivity index (χ4v) is 3.50. The number of carbonyl (C=O) groups is 1. The van der Waals surface area contributed by atoms with E-state index in [4.69, 9.17) is 9.47 Å². The predicted molar refractivity (Wildman–Crippen MR) is 110 cm³/mol. The van der Waals surface area contributed by atoms with E-state index < -0.39 is 5.60 Å². The van der Waals surface area contributed by atoms with Crippen molar-refractivity contribution in [2.75, 3.05) is 38.7 Å². The van der Waals surface area contributed by atoms with E-state index in [0.717, 1.165) is 36.7 Å². The molecule has 152 valence electrons. The van der Waals surface area contributed by atoms with Crippen LogP contribution in [0, 0.1) is 5.92 Å². The molecule has 1 heterocycles. The van der Waals surface area contributed by atoms with E-state index >= 15 is 0 Å². The normalized spacial score (nSPS) is 20.1. The first-order valence-corrected chi connectivity index (χ1v) is 10.3. The van der Waals surface area contributed by atoms with E-state index in [2.05, 4.69) is 24.1 Å². The van der Waals surface area contributed by atoms with Gasteiger partial charge in [0.2, 0.25) is 0 Å². The van der Waals surface area contributed by atoms with Gasteiger partial charge in [0.25, 0.3) is 5.91 Å². The Morgan fingerprint density at radius 1 is 1.33 bits per heavy atom. The smallest absolute Gasteiger partial charge is 0.256 e. The van der Waals surface area contributed by atoms with E-state index in [1.54, 1.807) is 7.11 Å². The summed E-state index contributed by atoms with van der Waals surface area (Å²) in [4.78, 5) is 15.0. The maximum atomic E-state index is 12.6. The molecule has 1 aromatic rings. The minimum absolute atomic E-state index is 0.105. The quantitative estimate of drug-likeness (QED) is 0.660. The van der Waals surface area contributed by atoms with Gasteiger partial charge in [0.05, 0.1) is 0 Å². The van der Waals surface area contributed by atoms with Crippen LogP contribution in [0.2, 0.25) is 0 Å². The second-order valence-corrected chi connectivity index (χ2v) is 7.91. The zero-order chi connectivity index (χ0) is 19.7. The van der Waals surface area contributed by atoms with Gasteiger partial charge < -0.3 is 14.8 Å². The summed E-state index contributed by atoms with van der Waals surface area (Å²) in [7, 11) is 1.59. The molecule has 1 aromatic carbocycles. The summed E-state index contributed by atoms with van der Waals surface area (Å²) in [5.41, 5.74) is -0.0338. The lowest BCUT2D eigenvalue weighted by atomic mass is 9.97. The van der Waals surface area contributed by atoms with E-state index in [9.17, 15) is 4.79 Å². The summed E-state index contributed by atoms with van der Waals surface area (Å²) in [6, 6.07) is 7.58. The van der Waals surface area contributed by atoms with Gasteiger partial charge in [0.15, 0.2) is 0 Å². The molecule has 1 aliphatic rings. The van der Waals surface area contributed by atoms with Crippen molar-refractivity contribution in [3.8, 4) is 5.75 Å². The largest absolute Gasteiger partial charge is 0.492 e. The first-order chi connectivity index (χ1) is 13.0. The highest BCUT2D eigenvalue weighted by Crippen LogP contribution is 2.22. The third-order valence-corrected chi connectivity index (χ3v) is 5.47. The molecule has 2 rings (SSSR count). The molecule has 5 nitrogen and oxygen atoms in total. The Hall–Kier alpha value is -1.59. The van der Waals surface area contributed by atoms with Crippen LogP contribution in [0.5, 0.6) is 5.75 Å². The van der Waals surface area contributed by atoms with Crippen LogP contribution in [-0.2, 0) is 9.53 Å². The molecule has 0 unspecified atom stereocenters. The molecule has 1 aliphatic heterocycles. The standard InChI is InChI=1S/C22H36N2O3/c1-5-6-13-22(3,26-4)21(25)23-19-9-11-20(12-10-19)27-16-15-24-14-7-8-18(2)17-24/h9-12,18H,5-8,13-17H2,1-4H3,(H,23,25)/t18-,22-/m0/s1. The lowest BCUT2D eigenvalue weighted by Crippen LogP contribution is -2.41. The highest BCUT2D eigenvalue weighted by atomic mass is 16.5. The first kappa shape index (κ1) is 21.7. The van der Waals surface area contributed by atoms with E-state index in [0.29, 0.717) is 13.0 Å². The number of piperidine rings is 1. The van der Waals surface area contributed by atoms with Crippen molar-refractivity contribution in [2.45, 2.75) is 58.5 Å². The van der Waals surface area contributed by atoms with Crippen LogP contribution < -0.4 is 10.1 Å². The number of methoxy groups -OCH3 is 1. The Morgan fingerprint density at radius 3 is 2.70 bits per heavy atom. The van der Waals surface area contributed by atoms with Crippen LogP contribution in [0.4, 0.5) is 5.69 Å². The van der Waals surface area contributed by atoms with Gasteiger partial charge in [-0.25, -0.2) is 0 Å². The number of ether oxygens (including phenoxy) is 2. The molecule has 0 bridgehead atoms. The summed E-state index contributed by atoms with van der Waals surface area (Å²) in [5.74, 6) is 1.52. The number of amides is 1. The Balaban J connectivity index is 1.79. The van der Waals surface area contributed by atoms with E-state index in [-0.39, 0.29) is 5.91 Å². The zero-order valence-corrected chi connectivity index (χ0v) is 17.4. The molecule has 1 N–H and O–H groups in total. The fraction of sp³-hybridized carbons (Fsp3) is 0.682. The minimum atomic E-state index is -0.795. The van der Waals surface area contributed by atoms with Crippen LogP contribution in [0.25, 0.3) is 0 Å². The van der Waals surface area contributed by atoms with Gasteiger partial charge in [0.1, 0.15) is 18.0 Å². The summed E-state index contributed by atoms with van der Waals surface area (Å²) in [6.07, 6.45) is 5.33. The predicted octanol–water partition coefficient (Wildman–Crippen LogP) is 4.33. The summed E-state index contributed by atoms with van der Waals surface area (Å²) < 4.78 is 11.3. The molecular formula is C22H36N2O3. The molecule has 1 fully saturated rings. The van der Waals surface area contributed by atoms with Crippen LogP contribution in [0.1, 0.15) is 52.9 Å². The van der Waals surface area contributed by atoms with Crippen molar-refractivity contribution in [2.24, 2.45) is 5.92 Å². The second-order valence-electron chi connectivity index (χ2n) is 7.91. The number of likely N-dealkylation sites (tertiary alicyclic amines) is 1. The number of nitrogens with one attached hydrogen (secondary N) is 1. The minimum Gasteiger partial charge on any atom is -0.492 e. The number of hydrogen-bond acceptors (Lipinski definition) is 4. The van der Waals surface area contributed by atoms with Gasteiger partial charge in [-0.15, -0.1) is 0 Å². The lowest BCUT2D eigenvalue weighted by Gasteiger charge is -2.30. The van der Waals surface area contributed by atoms with Crippen LogP contribution in [0.3, 0.4) is 0 Å². The number of rotatable bonds is 10. The zero-order valence-electron chi connectivity index (χ0n) is 17.4. The number of benzene rings is 1. The number of anilines is 1. The monoisotopic (exact) mass is 376 g/mol. The molecule has 2 atom stereocenters. The highest BCUT2D eigenvalue weighted by Gasteiger charge is 2.32.